The smallest absolute Gasteiger partial charge is 0.206 e. The molecule has 0 nitrogen and oxygen atoms in total. The van der Waals surface area contributed by atoms with Crippen molar-refractivity contribution in [2.24, 2.45) is 0 Å². The molecule has 0 saturated heterocycles. The monoisotopic (exact) mass is 190 g/mol. The van der Waals surface area contributed by atoms with Gasteiger partial charge in [0.2, 0.25) is 0 Å². The van der Waals surface area contributed by atoms with Crippen LogP contribution in [-0.4, -0.2) is 0 Å². The molecule has 0 spiro atoms. The number of halogens is 4. The largest absolute Gasteiger partial charge is 0.419 e. The van der Waals surface area contributed by atoms with Crippen LogP contribution in [0.1, 0.15) is 11.1 Å². The Kier molecular flexibility index (Phi) is 2.40. The molecule has 4 heteroatoms. The molecule has 0 aliphatic heterocycles. The van der Waals surface area contributed by atoms with Gasteiger partial charge in [0.1, 0.15) is 5.82 Å². The van der Waals surface area contributed by atoms with Crippen LogP contribution < -0.4 is 0 Å². The van der Waals surface area contributed by atoms with Gasteiger partial charge >= 0.3 is 6.18 Å². The molecule has 1 rings (SSSR count). The Morgan fingerprint density at radius 1 is 1.23 bits per heavy atom. The van der Waals surface area contributed by atoms with Gasteiger partial charge < -0.3 is 0 Å². The Balaban J connectivity index is 3.40. The lowest BCUT2D eigenvalue weighted by Crippen LogP contribution is -2.10. The maximum Gasteiger partial charge on any atom is 0.419 e. The summed E-state index contributed by atoms with van der Waals surface area (Å²) >= 11 is 0. The van der Waals surface area contributed by atoms with E-state index >= 15 is 0 Å². The molecule has 0 atom stereocenters. The van der Waals surface area contributed by atoms with Crippen LogP contribution in [0.15, 0.2) is 24.8 Å². The average molecular weight is 190 g/mol. The Bertz CT molecular complexity index is 325. The molecule has 0 bridgehead atoms. The zero-order valence-electron chi connectivity index (χ0n) is 6.53. The summed E-state index contributed by atoms with van der Waals surface area (Å²) in [5.41, 5.74) is -1.50. The molecule has 0 N–H and O–H groups in total. The molecule has 0 aliphatic rings. The molecule has 0 saturated carbocycles. The lowest BCUT2D eigenvalue weighted by molar-refractivity contribution is -0.140. The highest BCUT2D eigenvalue weighted by molar-refractivity contribution is 5.53. The van der Waals surface area contributed by atoms with Gasteiger partial charge in [-0.25, -0.2) is 4.39 Å². The van der Waals surface area contributed by atoms with Crippen LogP contribution >= 0.6 is 0 Å². The quantitative estimate of drug-likeness (QED) is 0.594. The molecule has 0 aliphatic carbocycles. The molecule has 13 heavy (non-hydrogen) atoms. The third-order valence-electron chi connectivity index (χ3n) is 1.55. The van der Waals surface area contributed by atoms with E-state index in [1.807, 2.05) is 0 Å². The highest BCUT2D eigenvalue weighted by Crippen LogP contribution is 2.34. The molecule has 0 radical (unpaired) electrons. The number of alkyl halides is 3. The fourth-order valence-electron chi connectivity index (χ4n) is 1.01. The summed E-state index contributed by atoms with van der Waals surface area (Å²) in [7, 11) is 0. The van der Waals surface area contributed by atoms with Gasteiger partial charge in [0.05, 0.1) is 5.56 Å². The first kappa shape index (κ1) is 9.77. The summed E-state index contributed by atoms with van der Waals surface area (Å²) in [5.74, 6) is -1.27. The fraction of sp³-hybridized carbons (Fsp3) is 0.111. The highest BCUT2D eigenvalue weighted by Gasteiger charge is 2.35. The maximum atomic E-state index is 12.8. The second kappa shape index (κ2) is 3.20. The van der Waals surface area contributed by atoms with Crippen molar-refractivity contribution < 1.29 is 17.6 Å². The summed E-state index contributed by atoms with van der Waals surface area (Å²) in [5, 5.41) is 0. The van der Waals surface area contributed by atoms with Crippen LogP contribution in [0.3, 0.4) is 0 Å². The third kappa shape index (κ3) is 1.88. The second-order valence-corrected chi connectivity index (χ2v) is 2.41. The Hall–Kier alpha value is -1.32. The van der Waals surface area contributed by atoms with Gasteiger partial charge in [-0.3, -0.25) is 0 Å². The van der Waals surface area contributed by atoms with E-state index in [2.05, 4.69) is 6.58 Å². The minimum atomic E-state index is -4.67. The van der Waals surface area contributed by atoms with Gasteiger partial charge in [-0.05, 0) is 11.6 Å². The molecule has 0 amide bonds. The minimum absolute atomic E-state index is 0.243. The predicted molar refractivity (Wildman–Crippen MR) is 41.5 cm³/mol. The average Bonchev–Trinajstić information content (AvgIpc) is 2.01. The van der Waals surface area contributed by atoms with Crippen molar-refractivity contribution in [1.82, 2.24) is 0 Å². The van der Waals surface area contributed by atoms with Crippen molar-refractivity contribution in [3.8, 4) is 0 Å². The molecule has 0 unspecified atom stereocenters. The summed E-state index contributed by atoms with van der Waals surface area (Å²) in [6.45, 7) is 3.18. The summed E-state index contributed by atoms with van der Waals surface area (Å²) in [4.78, 5) is 0. The van der Waals surface area contributed by atoms with Crippen LogP contribution in [0.25, 0.3) is 6.08 Å². The van der Waals surface area contributed by atoms with Gasteiger partial charge in [0.25, 0.3) is 0 Å². The Labute approximate surface area is 72.5 Å². The van der Waals surface area contributed by atoms with Crippen LogP contribution in [0.5, 0.6) is 0 Å². The van der Waals surface area contributed by atoms with E-state index in [0.29, 0.717) is 0 Å². The van der Waals surface area contributed by atoms with Crippen molar-refractivity contribution >= 4 is 6.08 Å². The number of hydrogen-bond acceptors (Lipinski definition) is 0. The Morgan fingerprint density at radius 3 is 2.23 bits per heavy atom. The molecule has 1 aromatic carbocycles. The predicted octanol–water partition coefficient (Wildman–Crippen LogP) is 3.49. The SMILES string of the molecule is C=Cc1cccc(F)c1C(F)(F)F. The van der Waals surface area contributed by atoms with E-state index in [0.717, 1.165) is 12.1 Å². The van der Waals surface area contributed by atoms with Gasteiger partial charge in [0.15, 0.2) is 0 Å². The summed E-state index contributed by atoms with van der Waals surface area (Å²) in [6, 6.07) is 3.15. The molecule has 0 aromatic heterocycles. The fourth-order valence-corrected chi connectivity index (χ4v) is 1.01. The second-order valence-electron chi connectivity index (χ2n) is 2.41. The van der Waals surface area contributed by atoms with E-state index in [4.69, 9.17) is 0 Å². The topological polar surface area (TPSA) is 0 Å². The van der Waals surface area contributed by atoms with Crippen LogP contribution in [0.4, 0.5) is 17.6 Å². The molecule has 70 valence electrons. The third-order valence-corrected chi connectivity index (χ3v) is 1.55. The first-order chi connectivity index (χ1) is 5.96. The van der Waals surface area contributed by atoms with E-state index in [-0.39, 0.29) is 5.56 Å². The van der Waals surface area contributed by atoms with Crippen molar-refractivity contribution in [2.45, 2.75) is 6.18 Å². The van der Waals surface area contributed by atoms with Gasteiger partial charge in [-0.1, -0.05) is 24.8 Å². The molecule has 0 heterocycles. The molecular weight excluding hydrogens is 184 g/mol. The van der Waals surface area contributed by atoms with Crippen LogP contribution in [0, 0.1) is 5.82 Å². The van der Waals surface area contributed by atoms with E-state index in [1.165, 1.54) is 12.1 Å². The summed E-state index contributed by atoms with van der Waals surface area (Å²) < 4.78 is 49.4. The molecule has 1 aromatic rings. The van der Waals surface area contributed by atoms with Crippen LogP contribution in [0.2, 0.25) is 0 Å². The number of hydrogen-bond donors (Lipinski definition) is 0. The first-order valence-electron chi connectivity index (χ1n) is 3.45. The van der Waals surface area contributed by atoms with Crippen molar-refractivity contribution in [1.29, 1.82) is 0 Å². The maximum absolute atomic E-state index is 12.8. The zero-order chi connectivity index (χ0) is 10.1. The lowest BCUT2D eigenvalue weighted by Gasteiger charge is -2.10. The van der Waals surface area contributed by atoms with Gasteiger partial charge in [-0.15, -0.1) is 0 Å². The van der Waals surface area contributed by atoms with Crippen LogP contribution in [-0.2, 0) is 6.18 Å². The highest BCUT2D eigenvalue weighted by atomic mass is 19.4. The normalized spacial score (nSPS) is 11.4. The standard InChI is InChI=1S/C9H6F4/c1-2-6-4-3-5-7(10)8(6)9(11,12)13/h2-5H,1H2. The number of rotatable bonds is 1. The zero-order valence-corrected chi connectivity index (χ0v) is 6.53. The van der Waals surface area contributed by atoms with Crippen molar-refractivity contribution in [3.63, 3.8) is 0 Å². The van der Waals surface area contributed by atoms with E-state index < -0.39 is 17.6 Å². The first-order valence-corrected chi connectivity index (χ1v) is 3.45. The molecule has 0 fully saturated rings. The van der Waals surface area contributed by atoms with Gasteiger partial charge in [0, 0.05) is 0 Å². The molecular formula is C9H6F4. The van der Waals surface area contributed by atoms with Crippen molar-refractivity contribution in [3.05, 3.63) is 41.7 Å². The van der Waals surface area contributed by atoms with Crippen molar-refractivity contribution in [2.75, 3.05) is 0 Å². The van der Waals surface area contributed by atoms with E-state index in [9.17, 15) is 17.6 Å². The van der Waals surface area contributed by atoms with E-state index in [1.54, 1.807) is 0 Å². The number of benzene rings is 1. The lowest BCUT2D eigenvalue weighted by atomic mass is 10.1. The summed E-state index contributed by atoms with van der Waals surface area (Å²) in [6.07, 6.45) is -3.69. The minimum Gasteiger partial charge on any atom is -0.206 e. The Morgan fingerprint density at radius 2 is 1.85 bits per heavy atom. The van der Waals surface area contributed by atoms with Gasteiger partial charge in [-0.2, -0.15) is 13.2 Å².